The number of aliphatic hydroxyl groups is 1. The number of rotatable bonds is 0. The molecular formula is C12H18F3NO3. The van der Waals surface area contributed by atoms with Gasteiger partial charge in [-0.1, -0.05) is 0 Å². The number of carbonyl (C=O) groups excluding carboxylic acids is 1. The van der Waals surface area contributed by atoms with E-state index in [1.807, 2.05) is 0 Å². The molecule has 0 aromatic heterocycles. The van der Waals surface area contributed by atoms with E-state index in [4.69, 9.17) is 4.74 Å². The first-order chi connectivity index (χ1) is 8.40. The highest BCUT2D eigenvalue weighted by Gasteiger charge is 2.75. The molecule has 1 aliphatic carbocycles. The van der Waals surface area contributed by atoms with Crippen LogP contribution >= 0.6 is 0 Å². The first-order valence-electron chi connectivity index (χ1n) is 6.17. The van der Waals surface area contributed by atoms with E-state index in [2.05, 4.69) is 0 Å². The molecule has 110 valence electrons. The lowest BCUT2D eigenvalue weighted by Crippen LogP contribution is -2.78. The number of hydrogen-bond acceptors (Lipinski definition) is 3. The zero-order valence-electron chi connectivity index (χ0n) is 11.2. The van der Waals surface area contributed by atoms with Gasteiger partial charge in [-0.15, -0.1) is 0 Å². The molecule has 7 heteroatoms. The van der Waals surface area contributed by atoms with Crippen molar-refractivity contribution in [3.63, 3.8) is 0 Å². The van der Waals surface area contributed by atoms with Crippen LogP contribution in [-0.4, -0.2) is 46.6 Å². The van der Waals surface area contributed by atoms with E-state index in [1.165, 1.54) is 4.90 Å². The molecular weight excluding hydrogens is 263 g/mol. The molecule has 1 N–H and O–H groups in total. The molecule has 1 heterocycles. The molecule has 4 nitrogen and oxygen atoms in total. The topological polar surface area (TPSA) is 49.8 Å². The van der Waals surface area contributed by atoms with Crippen LogP contribution in [0.1, 0.15) is 33.6 Å². The molecule has 0 aromatic rings. The van der Waals surface area contributed by atoms with Crippen molar-refractivity contribution in [3.8, 4) is 0 Å². The summed E-state index contributed by atoms with van der Waals surface area (Å²) >= 11 is 0. The molecule has 0 aromatic carbocycles. The molecule has 19 heavy (non-hydrogen) atoms. The third kappa shape index (κ3) is 2.07. The van der Waals surface area contributed by atoms with Gasteiger partial charge in [0.05, 0.1) is 0 Å². The van der Waals surface area contributed by atoms with Crippen molar-refractivity contribution < 1.29 is 27.8 Å². The first kappa shape index (κ1) is 14.4. The smallest absolute Gasteiger partial charge is 0.417 e. The molecule has 1 saturated heterocycles. The van der Waals surface area contributed by atoms with Crippen molar-refractivity contribution in [2.24, 2.45) is 5.41 Å². The van der Waals surface area contributed by atoms with Gasteiger partial charge >= 0.3 is 12.3 Å². The Bertz CT molecular complexity index is 396. The number of alkyl halides is 3. The van der Waals surface area contributed by atoms with Crippen LogP contribution in [0.25, 0.3) is 0 Å². The Labute approximate surface area is 109 Å². The minimum absolute atomic E-state index is 0.0993. The minimum Gasteiger partial charge on any atom is -0.444 e. The fourth-order valence-electron chi connectivity index (χ4n) is 2.72. The maximum Gasteiger partial charge on any atom is 0.417 e. The summed E-state index contributed by atoms with van der Waals surface area (Å²) in [5.74, 6) is 0. The average Bonchev–Trinajstić information content (AvgIpc) is 2.07. The van der Waals surface area contributed by atoms with Gasteiger partial charge in [0.2, 0.25) is 0 Å². The summed E-state index contributed by atoms with van der Waals surface area (Å²) in [6.07, 6.45) is -5.29. The molecule has 1 amide bonds. The highest BCUT2D eigenvalue weighted by atomic mass is 19.4. The third-order valence-corrected chi connectivity index (χ3v) is 3.95. The SMILES string of the molecule is CC(C)(C)OC(=O)N1CC2(CCC2(O)C(F)(F)F)C1. The fraction of sp³-hybridized carbons (Fsp3) is 0.917. The maximum atomic E-state index is 12.8. The number of amides is 1. The Balaban J connectivity index is 1.98. The number of ether oxygens (including phenoxy) is 1. The van der Waals surface area contributed by atoms with Gasteiger partial charge in [-0.2, -0.15) is 13.2 Å². The van der Waals surface area contributed by atoms with Crippen LogP contribution in [0.5, 0.6) is 0 Å². The van der Waals surface area contributed by atoms with Crippen molar-refractivity contribution in [2.45, 2.75) is 51.0 Å². The zero-order chi connectivity index (χ0) is 14.7. The number of carbonyl (C=O) groups is 1. The Kier molecular flexibility index (Phi) is 2.87. The number of likely N-dealkylation sites (tertiary alicyclic amines) is 1. The zero-order valence-corrected chi connectivity index (χ0v) is 11.2. The summed E-state index contributed by atoms with van der Waals surface area (Å²) < 4.78 is 43.5. The molecule has 2 aliphatic rings. The van der Waals surface area contributed by atoms with Crippen molar-refractivity contribution in [3.05, 3.63) is 0 Å². The number of halogens is 3. The molecule has 0 bridgehead atoms. The molecule has 1 unspecified atom stereocenters. The van der Waals surface area contributed by atoms with E-state index >= 15 is 0 Å². The summed E-state index contributed by atoms with van der Waals surface area (Å²) in [4.78, 5) is 12.9. The highest BCUT2D eigenvalue weighted by molar-refractivity contribution is 5.69. The molecule has 1 saturated carbocycles. The second-order valence-electron chi connectivity index (χ2n) is 6.47. The van der Waals surface area contributed by atoms with Gasteiger partial charge in [0, 0.05) is 18.5 Å². The first-order valence-corrected chi connectivity index (χ1v) is 6.17. The number of nitrogens with zero attached hydrogens (tertiary/aromatic N) is 1. The van der Waals surface area contributed by atoms with Crippen LogP contribution in [0.2, 0.25) is 0 Å². The average molecular weight is 281 g/mol. The van der Waals surface area contributed by atoms with Crippen molar-refractivity contribution in [1.29, 1.82) is 0 Å². The molecule has 0 radical (unpaired) electrons. The van der Waals surface area contributed by atoms with Crippen LogP contribution in [0.3, 0.4) is 0 Å². The monoisotopic (exact) mass is 281 g/mol. The number of hydrogen-bond donors (Lipinski definition) is 1. The van der Waals surface area contributed by atoms with Gasteiger partial charge < -0.3 is 14.7 Å². The second kappa shape index (κ2) is 3.77. The van der Waals surface area contributed by atoms with Crippen molar-refractivity contribution in [1.82, 2.24) is 4.90 Å². The molecule has 2 fully saturated rings. The third-order valence-electron chi connectivity index (χ3n) is 3.95. The van der Waals surface area contributed by atoms with Gasteiger partial charge in [-0.3, -0.25) is 0 Å². The van der Waals surface area contributed by atoms with Crippen LogP contribution in [0, 0.1) is 5.41 Å². The molecule has 1 aliphatic heterocycles. The van der Waals surface area contributed by atoms with Crippen molar-refractivity contribution >= 4 is 6.09 Å². The lowest BCUT2D eigenvalue weighted by molar-refractivity contribution is -0.361. The van der Waals surface area contributed by atoms with Gasteiger partial charge in [0.25, 0.3) is 0 Å². The van der Waals surface area contributed by atoms with Crippen molar-refractivity contribution in [2.75, 3.05) is 13.1 Å². The lowest BCUT2D eigenvalue weighted by Gasteiger charge is -2.64. The van der Waals surface area contributed by atoms with Crippen LogP contribution < -0.4 is 0 Å². The van der Waals surface area contributed by atoms with E-state index in [9.17, 15) is 23.1 Å². The predicted molar refractivity (Wildman–Crippen MR) is 60.5 cm³/mol. The summed E-state index contributed by atoms with van der Waals surface area (Å²) in [5.41, 5.74) is -4.57. The lowest BCUT2D eigenvalue weighted by atomic mass is 9.52. The second-order valence-corrected chi connectivity index (χ2v) is 6.47. The standard InChI is InChI=1S/C12H18F3NO3/c1-9(2,3)19-8(17)16-6-10(7-16)4-5-11(10,18)12(13,14)15/h18H,4-7H2,1-3H3. The van der Waals surface area contributed by atoms with Gasteiger partial charge in [-0.25, -0.2) is 4.79 Å². The van der Waals surface area contributed by atoms with E-state index < -0.39 is 28.9 Å². The van der Waals surface area contributed by atoms with Crippen LogP contribution in [-0.2, 0) is 4.74 Å². The maximum absolute atomic E-state index is 12.8. The van der Waals surface area contributed by atoms with E-state index in [0.717, 1.165) is 0 Å². The Morgan fingerprint density at radius 3 is 2.05 bits per heavy atom. The van der Waals surface area contributed by atoms with Gasteiger partial charge in [0.15, 0.2) is 5.60 Å². The summed E-state index contributed by atoms with van der Waals surface area (Å²) in [6, 6.07) is 0. The minimum atomic E-state index is -4.65. The summed E-state index contributed by atoms with van der Waals surface area (Å²) in [5, 5.41) is 9.75. The highest BCUT2D eigenvalue weighted by Crippen LogP contribution is 2.61. The summed E-state index contributed by atoms with van der Waals surface area (Å²) in [7, 11) is 0. The van der Waals surface area contributed by atoms with E-state index in [-0.39, 0.29) is 25.9 Å². The fourth-order valence-corrected chi connectivity index (χ4v) is 2.72. The Morgan fingerprint density at radius 2 is 1.74 bits per heavy atom. The molecule has 1 atom stereocenters. The normalized spacial score (nSPS) is 29.7. The Hall–Kier alpha value is -0.980. The summed E-state index contributed by atoms with van der Waals surface area (Å²) in [6.45, 7) is 4.87. The largest absolute Gasteiger partial charge is 0.444 e. The van der Waals surface area contributed by atoms with Gasteiger partial charge in [0.1, 0.15) is 5.60 Å². The van der Waals surface area contributed by atoms with Crippen LogP contribution in [0.4, 0.5) is 18.0 Å². The van der Waals surface area contributed by atoms with E-state index in [0.29, 0.717) is 0 Å². The van der Waals surface area contributed by atoms with Gasteiger partial charge in [-0.05, 0) is 33.6 Å². The Morgan fingerprint density at radius 1 is 1.21 bits per heavy atom. The van der Waals surface area contributed by atoms with Crippen LogP contribution in [0.15, 0.2) is 0 Å². The predicted octanol–water partition coefficient (Wildman–Crippen LogP) is 2.31. The quantitative estimate of drug-likeness (QED) is 0.741. The van der Waals surface area contributed by atoms with E-state index in [1.54, 1.807) is 20.8 Å². The molecule has 1 spiro atoms. The molecule has 2 rings (SSSR count).